The van der Waals surface area contributed by atoms with Gasteiger partial charge in [-0.05, 0) is 86.7 Å². The molecule has 0 unspecified atom stereocenters. The van der Waals surface area contributed by atoms with Crippen molar-refractivity contribution >= 4 is 56.8 Å². The fourth-order valence-corrected chi connectivity index (χ4v) is 6.01. The number of hydrogen-bond donors (Lipinski definition) is 1. The molecule has 3 amide bonds. The number of carboxylic acids is 1. The van der Waals surface area contributed by atoms with Crippen molar-refractivity contribution < 1.29 is 33.8 Å². The summed E-state index contributed by atoms with van der Waals surface area (Å²) in [5.41, 5.74) is 3.83. The first-order valence-corrected chi connectivity index (χ1v) is 14.3. The number of thioether (sulfide) groups is 1. The van der Waals surface area contributed by atoms with Crippen LogP contribution in [0.15, 0.2) is 70.0 Å². The Morgan fingerprint density at radius 3 is 2.51 bits per heavy atom. The topological polar surface area (TPSA) is 113 Å². The number of hydrogen-bond acceptors (Lipinski definition) is 7. The number of methoxy groups -OCH3 is 1. The van der Waals surface area contributed by atoms with Crippen LogP contribution in [0.1, 0.15) is 32.6 Å². The molecule has 1 N–H and O–H groups in total. The second-order valence-electron chi connectivity index (χ2n) is 9.43. The van der Waals surface area contributed by atoms with Gasteiger partial charge in [0, 0.05) is 13.1 Å². The highest BCUT2D eigenvalue weighted by atomic mass is 79.9. The molecule has 0 aliphatic carbocycles. The molecule has 0 radical (unpaired) electrons. The van der Waals surface area contributed by atoms with Gasteiger partial charge in [-0.25, -0.2) is 4.79 Å². The zero-order chi connectivity index (χ0) is 29.1. The number of benzene rings is 3. The Balaban J connectivity index is 1.26. The monoisotopic (exact) mass is 636 g/mol. The third kappa shape index (κ3) is 6.31. The zero-order valence-corrected chi connectivity index (χ0v) is 24.4. The molecule has 0 atom stereocenters. The summed E-state index contributed by atoms with van der Waals surface area (Å²) in [6, 6.07) is 17.7. The summed E-state index contributed by atoms with van der Waals surface area (Å²) >= 11 is 4.28. The minimum Gasteiger partial charge on any atom is -0.493 e. The lowest BCUT2D eigenvalue weighted by Crippen LogP contribution is -2.44. The number of ether oxygens (including phenoxy) is 2. The first-order chi connectivity index (χ1) is 19.7. The molecule has 41 heavy (non-hydrogen) atoms. The smallest absolute Gasteiger partial charge is 0.335 e. The van der Waals surface area contributed by atoms with Crippen LogP contribution in [0.2, 0.25) is 0 Å². The predicted molar refractivity (Wildman–Crippen MR) is 157 cm³/mol. The Kier molecular flexibility index (Phi) is 8.46. The quantitative estimate of drug-likeness (QED) is 0.329. The third-order valence-electron chi connectivity index (χ3n) is 6.78. The molecule has 0 saturated carbocycles. The van der Waals surface area contributed by atoms with E-state index in [4.69, 9.17) is 14.6 Å². The van der Waals surface area contributed by atoms with Gasteiger partial charge in [0.05, 0.1) is 22.1 Å². The predicted octanol–water partition coefficient (Wildman–Crippen LogP) is 5.36. The van der Waals surface area contributed by atoms with Gasteiger partial charge in [-0.3, -0.25) is 19.3 Å². The number of carbonyl (C=O) groups excluding carboxylic acids is 3. The van der Waals surface area contributed by atoms with Crippen LogP contribution in [0, 0.1) is 0 Å². The third-order valence-corrected chi connectivity index (χ3v) is 8.28. The van der Waals surface area contributed by atoms with Crippen LogP contribution in [0.4, 0.5) is 4.79 Å². The van der Waals surface area contributed by atoms with E-state index in [-0.39, 0.29) is 29.5 Å². The summed E-state index contributed by atoms with van der Waals surface area (Å²) in [7, 11) is 1.48. The minimum absolute atomic E-state index is 0.170. The van der Waals surface area contributed by atoms with Crippen LogP contribution in [-0.4, -0.2) is 58.1 Å². The molecular formula is C30H25BrN2O7S. The number of nitrogens with zero attached hydrogens (tertiary/aromatic N) is 2. The average Bonchev–Trinajstić information content (AvgIpc) is 3.23. The van der Waals surface area contributed by atoms with Gasteiger partial charge in [-0.2, -0.15) is 0 Å². The van der Waals surface area contributed by atoms with Crippen LogP contribution in [0.5, 0.6) is 11.5 Å². The molecule has 210 valence electrons. The van der Waals surface area contributed by atoms with E-state index in [1.54, 1.807) is 35.2 Å². The number of halogens is 1. The first kappa shape index (κ1) is 28.4. The van der Waals surface area contributed by atoms with Crippen molar-refractivity contribution in [1.29, 1.82) is 0 Å². The van der Waals surface area contributed by atoms with Crippen LogP contribution >= 0.6 is 27.7 Å². The maximum Gasteiger partial charge on any atom is 0.335 e. The molecule has 0 aromatic heterocycles. The average molecular weight is 638 g/mol. The van der Waals surface area contributed by atoms with Crippen molar-refractivity contribution in [3.05, 3.63) is 97.9 Å². The van der Waals surface area contributed by atoms with Gasteiger partial charge >= 0.3 is 5.97 Å². The van der Waals surface area contributed by atoms with Gasteiger partial charge in [-0.1, -0.05) is 36.4 Å². The van der Waals surface area contributed by atoms with Crippen LogP contribution in [0.3, 0.4) is 0 Å². The molecule has 0 bridgehead atoms. The lowest BCUT2D eigenvalue weighted by atomic mass is 10.00. The summed E-state index contributed by atoms with van der Waals surface area (Å²) in [5.74, 6) is -0.978. The van der Waals surface area contributed by atoms with E-state index in [2.05, 4.69) is 15.9 Å². The van der Waals surface area contributed by atoms with Gasteiger partial charge in [-0.15, -0.1) is 0 Å². The molecule has 3 aromatic rings. The van der Waals surface area contributed by atoms with E-state index in [0.717, 1.165) is 34.2 Å². The van der Waals surface area contributed by atoms with Crippen LogP contribution in [-0.2, 0) is 29.2 Å². The van der Waals surface area contributed by atoms with Crippen LogP contribution in [0.25, 0.3) is 6.08 Å². The fraction of sp³-hybridized carbons (Fsp3) is 0.200. The molecule has 2 aliphatic rings. The van der Waals surface area contributed by atoms with Crippen molar-refractivity contribution in [2.45, 2.75) is 19.6 Å². The summed E-state index contributed by atoms with van der Waals surface area (Å²) in [6.07, 6.45) is 2.31. The summed E-state index contributed by atoms with van der Waals surface area (Å²) in [5, 5.41) is 8.57. The number of carboxylic acid groups (broad SMARTS) is 1. The van der Waals surface area contributed by atoms with Crippen molar-refractivity contribution in [1.82, 2.24) is 9.80 Å². The SMILES string of the molecule is COc1cc(/C=C2\SC(=O)N(CC(=O)N3CCc4ccccc4C3)C2=O)cc(Br)c1OCc1ccc(C(=O)O)cc1. The van der Waals surface area contributed by atoms with Gasteiger partial charge < -0.3 is 19.5 Å². The Hall–Kier alpha value is -4.09. The van der Waals surface area contributed by atoms with Gasteiger partial charge in [0.25, 0.3) is 11.1 Å². The number of fused-ring (bicyclic) bond motifs is 1. The number of rotatable bonds is 8. The zero-order valence-electron chi connectivity index (χ0n) is 22.0. The van der Waals surface area contributed by atoms with Gasteiger partial charge in [0.15, 0.2) is 11.5 Å². The Morgan fingerprint density at radius 2 is 1.80 bits per heavy atom. The highest BCUT2D eigenvalue weighted by Gasteiger charge is 2.37. The summed E-state index contributed by atoms with van der Waals surface area (Å²) < 4.78 is 12.0. The fourth-order valence-electron chi connectivity index (χ4n) is 4.59. The Bertz CT molecular complexity index is 1570. The molecule has 9 nitrogen and oxygen atoms in total. The van der Waals surface area contributed by atoms with Crippen molar-refractivity contribution in [2.24, 2.45) is 0 Å². The van der Waals surface area contributed by atoms with Gasteiger partial charge in [0.2, 0.25) is 5.91 Å². The van der Waals surface area contributed by atoms with Crippen molar-refractivity contribution in [3.63, 3.8) is 0 Å². The van der Waals surface area contributed by atoms with E-state index < -0.39 is 17.1 Å². The van der Waals surface area contributed by atoms with E-state index in [1.165, 1.54) is 24.8 Å². The molecule has 0 spiro atoms. The molecular weight excluding hydrogens is 612 g/mol. The molecule has 1 fully saturated rings. The number of carbonyl (C=O) groups is 4. The Labute approximate surface area is 248 Å². The minimum atomic E-state index is -1.00. The number of amides is 3. The van der Waals surface area contributed by atoms with E-state index in [1.807, 2.05) is 24.3 Å². The molecule has 2 aliphatic heterocycles. The van der Waals surface area contributed by atoms with E-state index in [0.29, 0.717) is 34.6 Å². The van der Waals surface area contributed by atoms with Crippen molar-refractivity contribution in [3.8, 4) is 11.5 Å². The largest absolute Gasteiger partial charge is 0.493 e. The molecule has 1 saturated heterocycles. The first-order valence-electron chi connectivity index (χ1n) is 12.7. The van der Waals surface area contributed by atoms with E-state index >= 15 is 0 Å². The summed E-state index contributed by atoms with van der Waals surface area (Å²) in [4.78, 5) is 52.7. The summed E-state index contributed by atoms with van der Waals surface area (Å²) in [6.45, 7) is 0.857. The molecule has 11 heteroatoms. The lowest BCUT2D eigenvalue weighted by Gasteiger charge is -2.29. The molecule has 3 aromatic carbocycles. The van der Waals surface area contributed by atoms with E-state index in [9.17, 15) is 19.2 Å². The maximum atomic E-state index is 13.1. The van der Waals surface area contributed by atoms with Crippen molar-refractivity contribution in [2.75, 3.05) is 20.2 Å². The standard InChI is InChI=1S/C30H25BrN2O7S/c1-39-24-13-19(12-23(31)27(24)40-17-18-6-8-21(9-7-18)29(36)37)14-25-28(35)33(30(38)41-25)16-26(34)32-11-10-20-4-2-3-5-22(20)15-32/h2-9,12-14H,10-11,15-17H2,1H3,(H,36,37)/b25-14-. The van der Waals surface area contributed by atoms with Gasteiger partial charge in [0.1, 0.15) is 13.2 Å². The second kappa shape index (κ2) is 12.2. The highest BCUT2D eigenvalue weighted by Crippen LogP contribution is 2.39. The molecule has 5 rings (SSSR count). The number of imide groups is 1. The maximum absolute atomic E-state index is 13.1. The lowest BCUT2D eigenvalue weighted by molar-refractivity contribution is -0.136. The second-order valence-corrected chi connectivity index (χ2v) is 11.3. The highest BCUT2D eigenvalue weighted by molar-refractivity contribution is 9.10. The normalized spacial score (nSPS) is 15.7. The molecule has 2 heterocycles. The Morgan fingerprint density at radius 1 is 1.07 bits per heavy atom. The number of aromatic carboxylic acids is 1. The van der Waals surface area contributed by atoms with Crippen LogP contribution < -0.4 is 9.47 Å².